The summed E-state index contributed by atoms with van der Waals surface area (Å²) >= 11 is 0. The molecule has 1 amide bonds. The van der Waals surface area contributed by atoms with Crippen molar-refractivity contribution in [1.82, 2.24) is 13.9 Å². The molecule has 1 aliphatic rings. The Kier molecular flexibility index (Phi) is 5.90. The second-order valence-electron chi connectivity index (χ2n) is 6.91. The van der Waals surface area contributed by atoms with Gasteiger partial charge in [-0.3, -0.25) is 10.1 Å². The van der Waals surface area contributed by atoms with Crippen LogP contribution in [0.15, 0.2) is 35.5 Å². The normalized spacial score (nSPS) is 13.8. The Bertz CT molecular complexity index is 955. The van der Waals surface area contributed by atoms with Gasteiger partial charge in [0.2, 0.25) is 21.9 Å². The molecule has 1 N–H and O–H groups in total. The summed E-state index contributed by atoms with van der Waals surface area (Å²) in [5.74, 6) is 1.18. The maximum absolute atomic E-state index is 12.8. The highest BCUT2D eigenvalue weighted by Crippen LogP contribution is 2.32. The molecule has 0 fully saturated rings. The summed E-state index contributed by atoms with van der Waals surface area (Å²) in [6.07, 6.45) is 3.36. The largest absolute Gasteiger partial charge is 0.486 e. The number of ether oxygens (including phenoxy) is 2. The fourth-order valence-corrected chi connectivity index (χ4v) is 3.93. The van der Waals surface area contributed by atoms with Gasteiger partial charge in [-0.25, -0.2) is 13.4 Å². The molecule has 1 aromatic heterocycles. The zero-order valence-electron chi connectivity index (χ0n) is 16.1. The quantitative estimate of drug-likeness (QED) is 0.746. The number of nitrogens with zero attached hydrogens (tertiary/aromatic N) is 3. The zero-order chi connectivity index (χ0) is 20.3. The van der Waals surface area contributed by atoms with E-state index in [1.807, 2.05) is 4.57 Å². The van der Waals surface area contributed by atoms with Crippen LogP contribution in [-0.4, -0.2) is 55.0 Å². The number of fused-ring (bicyclic) bond motifs is 1. The fraction of sp³-hybridized carbons (Fsp3) is 0.444. The van der Waals surface area contributed by atoms with Crippen LogP contribution < -0.4 is 14.8 Å². The number of amides is 1. The maximum atomic E-state index is 12.8. The van der Waals surface area contributed by atoms with Gasteiger partial charge in [-0.1, -0.05) is 13.8 Å². The number of carbonyl (C=O) groups excluding carboxylic acids is 1. The Hall–Kier alpha value is -2.59. The molecule has 0 atom stereocenters. The van der Waals surface area contributed by atoms with Crippen LogP contribution in [0.4, 0.5) is 5.95 Å². The van der Waals surface area contributed by atoms with E-state index in [0.29, 0.717) is 43.1 Å². The average molecular weight is 408 g/mol. The number of imidazole rings is 1. The van der Waals surface area contributed by atoms with Crippen molar-refractivity contribution in [3.8, 4) is 11.5 Å². The van der Waals surface area contributed by atoms with Crippen LogP contribution in [0.3, 0.4) is 0 Å². The molecular formula is C18H24N4O5S. The molecule has 0 saturated heterocycles. The van der Waals surface area contributed by atoms with Crippen molar-refractivity contribution in [3.05, 3.63) is 30.6 Å². The molecule has 10 heteroatoms. The minimum absolute atomic E-state index is 0.0355. The molecule has 2 aromatic rings. The minimum Gasteiger partial charge on any atom is -0.486 e. The van der Waals surface area contributed by atoms with Gasteiger partial charge < -0.3 is 14.0 Å². The monoisotopic (exact) mass is 408 g/mol. The Morgan fingerprint density at radius 2 is 2.00 bits per heavy atom. The first-order chi connectivity index (χ1) is 13.3. The van der Waals surface area contributed by atoms with Crippen LogP contribution in [-0.2, 0) is 21.4 Å². The van der Waals surface area contributed by atoms with E-state index in [2.05, 4.69) is 24.1 Å². The first-order valence-electron chi connectivity index (χ1n) is 8.94. The summed E-state index contributed by atoms with van der Waals surface area (Å²) < 4.78 is 39.2. The predicted molar refractivity (Wildman–Crippen MR) is 103 cm³/mol. The number of benzene rings is 1. The van der Waals surface area contributed by atoms with Crippen LogP contribution in [0.1, 0.15) is 13.8 Å². The number of carbonyl (C=O) groups is 1. The molecule has 28 heavy (non-hydrogen) atoms. The first kappa shape index (κ1) is 20.2. The SMILES string of the molecule is CC(C)Cn1ccnc1NC(=O)CN(C)S(=O)(=O)c1ccc2c(c1)OCCO2. The lowest BCUT2D eigenvalue weighted by Gasteiger charge is -2.21. The Labute approximate surface area is 164 Å². The van der Waals surface area contributed by atoms with Gasteiger partial charge in [0.25, 0.3) is 0 Å². The van der Waals surface area contributed by atoms with Crippen molar-refractivity contribution in [2.75, 3.05) is 32.1 Å². The fourth-order valence-electron chi connectivity index (χ4n) is 2.79. The van der Waals surface area contributed by atoms with Gasteiger partial charge in [0, 0.05) is 32.1 Å². The number of nitrogens with one attached hydrogen (secondary N) is 1. The second-order valence-corrected chi connectivity index (χ2v) is 8.96. The Morgan fingerprint density at radius 3 is 2.71 bits per heavy atom. The van der Waals surface area contributed by atoms with Crippen molar-refractivity contribution >= 4 is 21.9 Å². The average Bonchev–Trinajstić information content (AvgIpc) is 3.06. The number of anilines is 1. The van der Waals surface area contributed by atoms with Crippen LogP contribution in [0, 0.1) is 5.92 Å². The van der Waals surface area contributed by atoms with E-state index >= 15 is 0 Å². The topological polar surface area (TPSA) is 103 Å². The van der Waals surface area contributed by atoms with Gasteiger partial charge >= 0.3 is 0 Å². The number of sulfonamides is 1. The van der Waals surface area contributed by atoms with Gasteiger partial charge in [-0.15, -0.1) is 0 Å². The van der Waals surface area contributed by atoms with E-state index in [4.69, 9.17) is 9.47 Å². The molecule has 0 radical (unpaired) electrons. The second kappa shape index (κ2) is 8.19. The van der Waals surface area contributed by atoms with E-state index in [0.717, 1.165) is 4.31 Å². The van der Waals surface area contributed by atoms with Crippen LogP contribution in [0.2, 0.25) is 0 Å². The van der Waals surface area contributed by atoms with Crippen molar-refractivity contribution in [1.29, 1.82) is 0 Å². The lowest BCUT2D eigenvalue weighted by atomic mass is 10.2. The molecule has 9 nitrogen and oxygen atoms in total. The summed E-state index contributed by atoms with van der Waals surface area (Å²) in [6.45, 7) is 5.24. The third-order valence-corrected chi connectivity index (χ3v) is 5.92. The highest BCUT2D eigenvalue weighted by molar-refractivity contribution is 7.89. The third-order valence-electron chi connectivity index (χ3n) is 4.12. The summed E-state index contributed by atoms with van der Waals surface area (Å²) in [5, 5.41) is 2.66. The molecule has 152 valence electrons. The van der Waals surface area contributed by atoms with Crippen LogP contribution >= 0.6 is 0 Å². The number of hydrogen-bond donors (Lipinski definition) is 1. The molecule has 0 bridgehead atoms. The van der Waals surface area contributed by atoms with E-state index < -0.39 is 15.9 Å². The summed E-state index contributed by atoms with van der Waals surface area (Å²) in [5.41, 5.74) is 0. The van der Waals surface area contributed by atoms with Crippen molar-refractivity contribution in [3.63, 3.8) is 0 Å². The van der Waals surface area contributed by atoms with Gasteiger partial charge in [0.05, 0.1) is 11.4 Å². The Balaban J connectivity index is 1.69. The zero-order valence-corrected chi connectivity index (χ0v) is 16.9. The highest BCUT2D eigenvalue weighted by Gasteiger charge is 2.25. The molecule has 0 spiro atoms. The predicted octanol–water partition coefficient (Wildman–Crippen LogP) is 1.57. The van der Waals surface area contributed by atoms with Crippen LogP contribution in [0.25, 0.3) is 0 Å². The smallest absolute Gasteiger partial charge is 0.243 e. The molecule has 0 aliphatic carbocycles. The van der Waals surface area contributed by atoms with E-state index in [9.17, 15) is 13.2 Å². The van der Waals surface area contributed by atoms with Gasteiger partial charge in [0.15, 0.2) is 11.5 Å². The van der Waals surface area contributed by atoms with Gasteiger partial charge in [0.1, 0.15) is 13.2 Å². The molecule has 1 aliphatic heterocycles. The summed E-state index contributed by atoms with van der Waals surface area (Å²) in [4.78, 5) is 16.5. The molecule has 0 saturated carbocycles. The van der Waals surface area contributed by atoms with Crippen LogP contribution in [0.5, 0.6) is 11.5 Å². The van der Waals surface area contributed by atoms with Crippen molar-refractivity contribution in [2.24, 2.45) is 5.92 Å². The maximum Gasteiger partial charge on any atom is 0.243 e. The van der Waals surface area contributed by atoms with E-state index in [1.54, 1.807) is 18.5 Å². The number of aromatic nitrogens is 2. The van der Waals surface area contributed by atoms with Crippen molar-refractivity contribution in [2.45, 2.75) is 25.3 Å². The lowest BCUT2D eigenvalue weighted by molar-refractivity contribution is -0.116. The minimum atomic E-state index is -3.87. The van der Waals surface area contributed by atoms with Crippen molar-refractivity contribution < 1.29 is 22.7 Å². The summed E-state index contributed by atoms with van der Waals surface area (Å²) in [6, 6.07) is 4.40. The third kappa shape index (κ3) is 4.45. The van der Waals surface area contributed by atoms with Gasteiger partial charge in [-0.05, 0) is 18.1 Å². The van der Waals surface area contributed by atoms with E-state index in [-0.39, 0.29) is 11.4 Å². The summed E-state index contributed by atoms with van der Waals surface area (Å²) in [7, 11) is -2.51. The molecular weight excluding hydrogens is 384 g/mol. The van der Waals surface area contributed by atoms with E-state index in [1.165, 1.54) is 19.2 Å². The standard InChI is InChI=1S/C18H24N4O5S/c1-13(2)11-22-7-6-19-18(22)20-17(23)12-21(3)28(24,25)14-4-5-15-16(10-14)27-9-8-26-15/h4-7,10,13H,8-9,11-12H2,1-3H3,(H,19,20,23). The number of likely N-dealkylation sites (N-methyl/N-ethyl adjacent to an activating group) is 1. The molecule has 1 aromatic carbocycles. The Morgan fingerprint density at radius 1 is 1.29 bits per heavy atom. The van der Waals surface area contributed by atoms with Gasteiger partial charge in [-0.2, -0.15) is 4.31 Å². The highest BCUT2D eigenvalue weighted by atomic mass is 32.2. The lowest BCUT2D eigenvalue weighted by Crippen LogP contribution is -2.35. The molecule has 3 rings (SSSR count). The number of hydrogen-bond acceptors (Lipinski definition) is 6. The molecule has 2 heterocycles. The number of rotatable bonds is 7. The molecule has 0 unspecified atom stereocenters. The first-order valence-corrected chi connectivity index (χ1v) is 10.4.